The van der Waals surface area contributed by atoms with Crippen LogP contribution < -0.4 is 4.74 Å². The molecule has 0 saturated carbocycles. The SMILES string of the molecule is O=C(O)CC1CN(C(=O)COc2ccccc2Cc2ccccc2)CCO1. The molecule has 0 aliphatic carbocycles. The van der Waals surface area contributed by atoms with Crippen molar-refractivity contribution >= 4 is 11.9 Å². The van der Waals surface area contributed by atoms with Gasteiger partial charge in [-0.05, 0) is 17.2 Å². The van der Waals surface area contributed by atoms with E-state index in [2.05, 4.69) is 12.1 Å². The first-order valence-corrected chi connectivity index (χ1v) is 8.97. The minimum atomic E-state index is -0.930. The highest BCUT2D eigenvalue weighted by atomic mass is 16.5. The van der Waals surface area contributed by atoms with E-state index in [0.29, 0.717) is 18.9 Å². The zero-order chi connectivity index (χ0) is 19.1. The summed E-state index contributed by atoms with van der Waals surface area (Å²) in [6, 6.07) is 17.8. The monoisotopic (exact) mass is 369 g/mol. The van der Waals surface area contributed by atoms with Crippen molar-refractivity contribution in [3.63, 3.8) is 0 Å². The highest BCUT2D eigenvalue weighted by molar-refractivity contribution is 5.78. The van der Waals surface area contributed by atoms with Crippen LogP contribution in [0.3, 0.4) is 0 Å². The summed E-state index contributed by atoms with van der Waals surface area (Å²) >= 11 is 0. The number of para-hydroxylation sites is 1. The standard InChI is InChI=1S/C21H23NO5/c23-20(22-10-11-26-18(14-22)13-21(24)25)15-27-19-9-5-4-8-17(19)12-16-6-2-1-3-7-16/h1-9,18H,10-15H2,(H,24,25). The van der Waals surface area contributed by atoms with E-state index in [4.69, 9.17) is 14.6 Å². The topological polar surface area (TPSA) is 76.1 Å². The highest BCUT2D eigenvalue weighted by Crippen LogP contribution is 2.21. The molecule has 1 saturated heterocycles. The first-order chi connectivity index (χ1) is 13.1. The maximum atomic E-state index is 12.5. The van der Waals surface area contributed by atoms with Crippen molar-refractivity contribution in [1.82, 2.24) is 4.90 Å². The molecule has 0 spiro atoms. The highest BCUT2D eigenvalue weighted by Gasteiger charge is 2.26. The summed E-state index contributed by atoms with van der Waals surface area (Å²) in [4.78, 5) is 24.9. The Kier molecular flexibility index (Phi) is 6.44. The van der Waals surface area contributed by atoms with Crippen LogP contribution in [0.4, 0.5) is 0 Å². The minimum absolute atomic E-state index is 0.0778. The first kappa shape index (κ1) is 18.9. The quantitative estimate of drug-likeness (QED) is 0.811. The molecule has 1 amide bonds. The van der Waals surface area contributed by atoms with E-state index in [-0.39, 0.29) is 25.5 Å². The molecule has 6 heteroatoms. The van der Waals surface area contributed by atoms with Crippen molar-refractivity contribution in [2.45, 2.75) is 18.9 Å². The van der Waals surface area contributed by atoms with E-state index in [0.717, 1.165) is 12.0 Å². The van der Waals surface area contributed by atoms with E-state index in [1.54, 1.807) is 4.90 Å². The molecule has 27 heavy (non-hydrogen) atoms. The molecule has 142 valence electrons. The van der Waals surface area contributed by atoms with E-state index in [9.17, 15) is 9.59 Å². The molecule has 1 heterocycles. The first-order valence-electron chi connectivity index (χ1n) is 8.97. The molecule has 2 aromatic rings. The number of ether oxygens (including phenoxy) is 2. The van der Waals surface area contributed by atoms with Crippen molar-refractivity contribution < 1.29 is 24.2 Å². The third-order valence-electron chi connectivity index (χ3n) is 4.45. The maximum absolute atomic E-state index is 12.5. The fourth-order valence-corrected chi connectivity index (χ4v) is 3.10. The van der Waals surface area contributed by atoms with Gasteiger partial charge in [0.05, 0.1) is 19.1 Å². The summed E-state index contributed by atoms with van der Waals surface area (Å²) in [6.45, 7) is 0.990. The second kappa shape index (κ2) is 9.19. The van der Waals surface area contributed by atoms with Gasteiger partial charge in [-0.2, -0.15) is 0 Å². The van der Waals surface area contributed by atoms with Crippen LogP contribution >= 0.6 is 0 Å². The Morgan fingerprint density at radius 3 is 2.63 bits per heavy atom. The number of morpholine rings is 1. The molecule has 1 fully saturated rings. The molecule has 2 aromatic carbocycles. The number of aliphatic carboxylic acids is 1. The van der Waals surface area contributed by atoms with Crippen LogP contribution in [0.5, 0.6) is 5.75 Å². The molecule has 1 N–H and O–H groups in total. The summed E-state index contributed by atoms with van der Waals surface area (Å²) in [5, 5.41) is 8.89. The number of rotatable bonds is 7. The summed E-state index contributed by atoms with van der Waals surface area (Å²) in [7, 11) is 0. The number of carboxylic acid groups (broad SMARTS) is 1. The fourth-order valence-electron chi connectivity index (χ4n) is 3.10. The van der Waals surface area contributed by atoms with Gasteiger partial charge in [-0.25, -0.2) is 0 Å². The van der Waals surface area contributed by atoms with Crippen molar-refractivity contribution in [1.29, 1.82) is 0 Å². The minimum Gasteiger partial charge on any atom is -0.483 e. The van der Waals surface area contributed by atoms with Crippen LogP contribution in [0, 0.1) is 0 Å². The molecular formula is C21H23NO5. The Labute approximate surface area is 158 Å². The van der Waals surface area contributed by atoms with Crippen LogP contribution in [-0.2, 0) is 20.7 Å². The van der Waals surface area contributed by atoms with Gasteiger partial charge >= 0.3 is 5.97 Å². The fraction of sp³-hybridized carbons (Fsp3) is 0.333. The molecule has 3 rings (SSSR count). The number of carbonyl (C=O) groups excluding carboxylic acids is 1. The molecule has 1 aliphatic heterocycles. The molecule has 1 aliphatic rings. The van der Waals surface area contributed by atoms with Gasteiger partial charge in [-0.15, -0.1) is 0 Å². The van der Waals surface area contributed by atoms with Crippen LogP contribution in [0.1, 0.15) is 17.5 Å². The van der Waals surface area contributed by atoms with Crippen molar-refractivity contribution in [2.75, 3.05) is 26.3 Å². The molecule has 0 aromatic heterocycles. The lowest BCUT2D eigenvalue weighted by Gasteiger charge is -2.32. The Morgan fingerprint density at radius 1 is 1.11 bits per heavy atom. The Hall–Kier alpha value is -2.86. The van der Waals surface area contributed by atoms with Gasteiger partial charge in [0.25, 0.3) is 5.91 Å². The van der Waals surface area contributed by atoms with Crippen LogP contribution in [-0.4, -0.2) is 54.3 Å². The second-order valence-corrected chi connectivity index (χ2v) is 6.49. The van der Waals surface area contributed by atoms with E-state index in [1.807, 2.05) is 42.5 Å². The summed E-state index contributed by atoms with van der Waals surface area (Å²) < 4.78 is 11.2. The Morgan fingerprint density at radius 2 is 1.85 bits per heavy atom. The van der Waals surface area contributed by atoms with Crippen LogP contribution in [0.25, 0.3) is 0 Å². The van der Waals surface area contributed by atoms with Crippen molar-refractivity contribution in [3.8, 4) is 5.75 Å². The number of benzene rings is 2. The van der Waals surface area contributed by atoms with Crippen LogP contribution in [0.2, 0.25) is 0 Å². The molecule has 0 radical (unpaired) electrons. The summed E-state index contributed by atoms with van der Waals surface area (Å²) in [6.07, 6.45) is 0.152. The number of hydrogen-bond acceptors (Lipinski definition) is 4. The number of hydrogen-bond donors (Lipinski definition) is 1. The van der Waals surface area contributed by atoms with Gasteiger partial charge in [0, 0.05) is 19.5 Å². The normalized spacial score (nSPS) is 16.7. The predicted octanol–water partition coefficient (Wildman–Crippen LogP) is 2.36. The zero-order valence-electron chi connectivity index (χ0n) is 15.0. The summed E-state index contributed by atoms with van der Waals surface area (Å²) in [5.41, 5.74) is 2.19. The van der Waals surface area contributed by atoms with Gasteiger partial charge in [-0.1, -0.05) is 48.5 Å². The maximum Gasteiger partial charge on any atom is 0.306 e. The largest absolute Gasteiger partial charge is 0.483 e. The third-order valence-corrected chi connectivity index (χ3v) is 4.45. The molecule has 0 bridgehead atoms. The van der Waals surface area contributed by atoms with Crippen LogP contribution in [0.15, 0.2) is 54.6 Å². The Bertz CT molecular complexity index is 777. The third kappa shape index (κ3) is 5.56. The van der Waals surface area contributed by atoms with E-state index >= 15 is 0 Å². The lowest BCUT2D eigenvalue weighted by molar-refractivity contribution is -0.148. The lowest BCUT2D eigenvalue weighted by atomic mass is 10.0. The van der Waals surface area contributed by atoms with Crippen molar-refractivity contribution in [3.05, 3.63) is 65.7 Å². The smallest absolute Gasteiger partial charge is 0.306 e. The molecule has 1 unspecified atom stereocenters. The molecular weight excluding hydrogens is 346 g/mol. The average molecular weight is 369 g/mol. The number of nitrogens with zero attached hydrogens (tertiary/aromatic N) is 1. The number of amides is 1. The van der Waals surface area contributed by atoms with E-state index < -0.39 is 12.1 Å². The second-order valence-electron chi connectivity index (χ2n) is 6.49. The number of carboxylic acids is 1. The van der Waals surface area contributed by atoms with Gasteiger partial charge in [0.2, 0.25) is 0 Å². The average Bonchev–Trinajstić information content (AvgIpc) is 2.67. The van der Waals surface area contributed by atoms with Gasteiger partial charge < -0.3 is 19.5 Å². The van der Waals surface area contributed by atoms with E-state index in [1.165, 1.54) is 5.56 Å². The van der Waals surface area contributed by atoms with Gasteiger partial charge in [0.15, 0.2) is 6.61 Å². The molecule has 1 atom stereocenters. The van der Waals surface area contributed by atoms with Gasteiger partial charge in [-0.3, -0.25) is 9.59 Å². The lowest BCUT2D eigenvalue weighted by Crippen LogP contribution is -2.47. The zero-order valence-corrected chi connectivity index (χ0v) is 15.0. The Balaban J connectivity index is 1.58. The predicted molar refractivity (Wildman–Crippen MR) is 99.8 cm³/mol. The molecule has 6 nitrogen and oxygen atoms in total. The summed E-state index contributed by atoms with van der Waals surface area (Å²) in [5.74, 6) is -0.409. The van der Waals surface area contributed by atoms with Gasteiger partial charge in [0.1, 0.15) is 5.75 Å². The number of carbonyl (C=O) groups is 2. The van der Waals surface area contributed by atoms with Crippen molar-refractivity contribution in [2.24, 2.45) is 0 Å².